The maximum atomic E-state index is 12.0. The van der Waals surface area contributed by atoms with Crippen LogP contribution in [-0.4, -0.2) is 22.7 Å². The fourth-order valence-electron chi connectivity index (χ4n) is 1.90. The summed E-state index contributed by atoms with van der Waals surface area (Å²) >= 11 is 5.63. The topological polar surface area (TPSA) is 64.1 Å². The van der Waals surface area contributed by atoms with Crippen molar-refractivity contribution < 1.29 is 9.53 Å². The highest BCUT2D eigenvalue weighted by Crippen LogP contribution is 2.26. The Labute approximate surface area is 114 Å². The second-order valence-electron chi connectivity index (χ2n) is 4.12. The molecule has 1 aromatic heterocycles. The number of hydrogen-bond acceptors (Lipinski definition) is 4. The van der Waals surface area contributed by atoms with Gasteiger partial charge in [-0.25, -0.2) is 0 Å². The first-order valence-corrected chi connectivity index (χ1v) is 6.16. The molecule has 0 unspecified atom stereocenters. The SMILES string of the molecule is O=C(Nc1ccc(Cl)nn1)c1ccc2c(c1)CCO2. The first-order chi connectivity index (χ1) is 9.22. The lowest BCUT2D eigenvalue weighted by Gasteiger charge is -2.05. The van der Waals surface area contributed by atoms with Crippen molar-refractivity contribution in [2.24, 2.45) is 0 Å². The summed E-state index contributed by atoms with van der Waals surface area (Å²) < 4.78 is 5.40. The van der Waals surface area contributed by atoms with E-state index in [0.29, 0.717) is 18.0 Å². The van der Waals surface area contributed by atoms with Gasteiger partial charge >= 0.3 is 0 Å². The molecule has 3 rings (SSSR count). The third kappa shape index (κ3) is 2.51. The zero-order valence-corrected chi connectivity index (χ0v) is 10.6. The number of benzene rings is 1. The molecule has 2 heterocycles. The van der Waals surface area contributed by atoms with Gasteiger partial charge < -0.3 is 10.1 Å². The van der Waals surface area contributed by atoms with Crippen LogP contribution in [0.25, 0.3) is 0 Å². The third-order valence-corrected chi connectivity index (χ3v) is 3.03. The first-order valence-electron chi connectivity index (χ1n) is 5.79. The van der Waals surface area contributed by atoms with Gasteiger partial charge in [0.1, 0.15) is 5.75 Å². The summed E-state index contributed by atoms with van der Waals surface area (Å²) in [5, 5.41) is 10.4. The number of fused-ring (bicyclic) bond motifs is 1. The molecule has 0 saturated heterocycles. The molecule has 1 aliphatic rings. The van der Waals surface area contributed by atoms with E-state index in [0.717, 1.165) is 17.7 Å². The van der Waals surface area contributed by atoms with Gasteiger partial charge in [0, 0.05) is 12.0 Å². The van der Waals surface area contributed by atoms with Crippen molar-refractivity contribution in [1.82, 2.24) is 10.2 Å². The molecule has 1 aliphatic heterocycles. The number of ether oxygens (including phenoxy) is 1. The predicted octanol–water partition coefficient (Wildman–Crippen LogP) is 2.32. The number of carbonyl (C=O) groups is 1. The lowest BCUT2D eigenvalue weighted by molar-refractivity contribution is 0.102. The van der Waals surface area contributed by atoms with Crippen LogP contribution < -0.4 is 10.1 Å². The fraction of sp³-hybridized carbons (Fsp3) is 0.154. The van der Waals surface area contributed by atoms with E-state index in [1.165, 1.54) is 0 Å². The second kappa shape index (κ2) is 4.85. The maximum Gasteiger partial charge on any atom is 0.256 e. The van der Waals surface area contributed by atoms with Crippen LogP contribution in [0.3, 0.4) is 0 Å². The highest BCUT2D eigenvalue weighted by atomic mass is 35.5. The number of halogens is 1. The summed E-state index contributed by atoms with van der Waals surface area (Å²) in [6.07, 6.45) is 0.831. The van der Waals surface area contributed by atoms with Crippen LogP contribution in [-0.2, 0) is 6.42 Å². The molecule has 1 N–H and O–H groups in total. The Balaban J connectivity index is 1.78. The highest BCUT2D eigenvalue weighted by Gasteiger charge is 2.15. The normalized spacial score (nSPS) is 12.7. The van der Waals surface area contributed by atoms with Crippen LogP contribution in [0, 0.1) is 0 Å². The molecule has 0 saturated carbocycles. The minimum atomic E-state index is -0.230. The molecule has 6 heteroatoms. The molecule has 1 aromatic carbocycles. The van der Waals surface area contributed by atoms with Crippen LogP contribution in [0.15, 0.2) is 30.3 Å². The molecule has 0 aliphatic carbocycles. The molecule has 0 atom stereocenters. The van der Waals surface area contributed by atoms with Gasteiger partial charge in [0.2, 0.25) is 0 Å². The van der Waals surface area contributed by atoms with Crippen molar-refractivity contribution in [3.63, 3.8) is 0 Å². The minimum Gasteiger partial charge on any atom is -0.493 e. The molecule has 0 radical (unpaired) electrons. The number of nitrogens with one attached hydrogen (secondary N) is 1. The van der Waals surface area contributed by atoms with Crippen molar-refractivity contribution in [3.8, 4) is 5.75 Å². The Morgan fingerprint density at radius 1 is 1.26 bits per heavy atom. The Kier molecular flexibility index (Phi) is 3.05. The lowest BCUT2D eigenvalue weighted by Crippen LogP contribution is -2.13. The average molecular weight is 276 g/mol. The van der Waals surface area contributed by atoms with Gasteiger partial charge in [0.15, 0.2) is 11.0 Å². The van der Waals surface area contributed by atoms with Gasteiger partial charge in [-0.05, 0) is 35.9 Å². The Morgan fingerprint density at radius 3 is 2.95 bits per heavy atom. The predicted molar refractivity (Wildman–Crippen MR) is 70.6 cm³/mol. The van der Waals surface area contributed by atoms with E-state index in [1.807, 2.05) is 12.1 Å². The van der Waals surface area contributed by atoms with Gasteiger partial charge in [-0.2, -0.15) is 0 Å². The van der Waals surface area contributed by atoms with Crippen LogP contribution in [0.5, 0.6) is 5.75 Å². The summed E-state index contributed by atoms with van der Waals surface area (Å²) in [5.41, 5.74) is 1.62. The van der Waals surface area contributed by atoms with Gasteiger partial charge in [0.05, 0.1) is 6.61 Å². The molecule has 19 heavy (non-hydrogen) atoms. The first kappa shape index (κ1) is 11.9. The second-order valence-corrected chi connectivity index (χ2v) is 4.50. The Hall–Kier alpha value is -2.14. The van der Waals surface area contributed by atoms with Gasteiger partial charge in [0.25, 0.3) is 5.91 Å². The van der Waals surface area contributed by atoms with Gasteiger partial charge in [-0.15, -0.1) is 10.2 Å². The van der Waals surface area contributed by atoms with Crippen LogP contribution in [0.1, 0.15) is 15.9 Å². The minimum absolute atomic E-state index is 0.230. The maximum absolute atomic E-state index is 12.0. The summed E-state index contributed by atoms with van der Waals surface area (Å²) in [7, 11) is 0. The average Bonchev–Trinajstić information content (AvgIpc) is 2.88. The fourth-order valence-corrected chi connectivity index (χ4v) is 2.00. The monoisotopic (exact) mass is 275 g/mol. The van der Waals surface area contributed by atoms with E-state index in [2.05, 4.69) is 15.5 Å². The lowest BCUT2D eigenvalue weighted by atomic mass is 10.1. The molecule has 1 amide bonds. The van der Waals surface area contributed by atoms with Gasteiger partial charge in [-0.3, -0.25) is 4.79 Å². The molecule has 2 aromatic rings. The molecule has 5 nitrogen and oxygen atoms in total. The Morgan fingerprint density at radius 2 is 2.16 bits per heavy atom. The molecule has 0 fully saturated rings. The number of carbonyl (C=O) groups excluding carboxylic acids is 1. The van der Waals surface area contributed by atoms with E-state index in [4.69, 9.17) is 16.3 Å². The smallest absolute Gasteiger partial charge is 0.256 e. The molecule has 0 bridgehead atoms. The molecule has 96 valence electrons. The molecule has 0 spiro atoms. The van der Waals surface area contributed by atoms with Crippen molar-refractivity contribution in [1.29, 1.82) is 0 Å². The van der Waals surface area contributed by atoms with Crippen molar-refractivity contribution in [2.75, 3.05) is 11.9 Å². The number of amides is 1. The van der Waals surface area contributed by atoms with Crippen molar-refractivity contribution in [2.45, 2.75) is 6.42 Å². The van der Waals surface area contributed by atoms with Crippen LogP contribution in [0.4, 0.5) is 5.82 Å². The van der Waals surface area contributed by atoms with Crippen LogP contribution >= 0.6 is 11.6 Å². The van der Waals surface area contributed by atoms with Crippen molar-refractivity contribution in [3.05, 3.63) is 46.6 Å². The van der Waals surface area contributed by atoms with Crippen LogP contribution in [0.2, 0.25) is 5.15 Å². The third-order valence-electron chi connectivity index (χ3n) is 2.83. The molecular formula is C13H10ClN3O2. The quantitative estimate of drug-likeness (QED) is 0.913. The number of rotatable bonds is 2. The highest BCUT2D eigenvalue weighted by molar-refractivity contribution is 6.29. The standard InChI is InChI=1S/C13H10ClN3O2/c14-11-3-4-12(17-16-11)15-13(18)9-1-2-10-8(7-9)5-6-19-10/h1-4,7H,5-6H2,(H,15,17,18). The van der Waals surface area contributed by atoms with E-state index in [9.17, 15) is 4.79 Å². The summed E-state index contributed by atoms with van der Waals surface area (Å²) in [6.45, 7) is 0.670. The van der Waals surface area contributed by atoms with E-state index in [1.54, 1.807) is 18.2 Å². The van der Waals surface area contributed by atoms with Gasteiger partial charge in [-0.1, -0.05) is 11.6 Å². The number of anilines is 1. The molecular weight excluding hydrogens is 266 g/mol. The van der Waals surface area contributed by atoms with Crippen molar-refractivity contribution >= 4 is 23.3 Å². The number of nitrogens with zero attached hydrogens (tertiary/aromatic N) is 2. The summed E-state index contributed by atoms with van der Waals surface area (Å²) in [6, 6.07) is 8.54. The summed E-state index contributed by atoms with van der Waals surface area (Å²) in [4.78, 5) is 12.0. The van der Waals surface area contributed by atoms with E-state index in [-0.39, 0.29) is 11.1 Å². The number of hydrogen-bond donors (Lipinski definition) is 1. The Bertz CT molecular complexity index is 628. The summed E-state index contributed by atoms with van der Waals surface area (Å²) in [5.74, 6) is 0.986. The number of aromatic nitrogens is 2. The van der Waals surface area contributed by atoms with E-state index >= 15 is 0 Å². The zero-order valence-electron chi connectivity index (χ0n) is 9.89. The largest absolute Gasteiger partial charge is 0.493 e. The van der Waals surface area contributed by atoms with E-state index < -0.39 is 0 Å². The zero-order chi connectivity index (χ0) is 13.2.